The van der Waals surface area contributed by atoms with E-state index in [1.54, 1.807) is 36.7 Å². The van der Waals surface area contributed by atoms with E-state index in [0.29, 0.717) is 12.4 Å². The highest BCUT2D eigenvalue weighted by atomic mass is 16.5. The van der Waals surface area contributed by atoms with Crippen molar-refractivity contribution in [2.24, 2.45) is 0 Å². The Morgan fingerprint density at radius 3 is 3.00 bits per heavy atom. The average molecular weight is 273 g/mol. The summed E-state index contributed by atoms with van der Waals surface area (Å²) in [7, 11) is 1.53. The van der Waals surface area contributed by atoms with Gasteiger partial charge in [0.2, 0.25) is 11.8 Å². The highest BCUT2D eigenvalue weighted by Crippen LogP contribution is 2.07. The maximum Gasteiger partial charge on any atom is 0.250 e. The van der Waals surface area contributed by atoms with Crippen LogP contribution in [-0.2, 0) is 17.9 Å². The van der Waals surface area contributed by atoms with Crippen LogP contribution < -0.4 is 15.6 Å². The lowest BCUT2D eigenvalue weighted by Gasteiger charge is -2.07. The lowest BCUT2D eigenvalue weighted by atomic mass is 10.2. The third kappa shape index (κ3) is 3.68. The number of ether oxygens (including phenoxy) is 1. The molecule has 0 aliphatic carbocycles. The second-order valence-corrected chi connectivity index (χ2v) is 4.15. The number of hydrogen-bond acceptors (Lipinski definition) is 4. The number of hydrogen-bond donors (Lipinski definition) is 1. The van der Waals surface area contributed by atoms with Gasteiger partial charge in [0, 0.05) is 31.1 Å². The number of amides is 1. The SMILES string of the molecule is COc1cc(CNC(=O)Cn2ccccc2=O)ccn1. The zero-order valence-corrected chi connectivity index (χ0v) is 11.1. The Bertz CT molecular complexity index is 652. The van der Waals surface area contributed by atoms with Crippen molar-refractivity contribution in [3.8, 4) is 5.88 Å². The van der Waals surface area contributed by atoms with E-state index in [1.165, 1.54) is 17.7 Å². The van der Waals surface area contributed by atoms with Crippen molar-refractivity contribution < 1.29 is 9.53 Å². The van der Waals surface area contributed by atoms with Crippen LogP contribution in [0.3, 0.4) is 0 Å². The molecule has 0 spiro atoms. The fraction of sp³-hybridized carbons (Fsp3) is 0.214. The normalized spacial score (nSPS) is 10.1. The van der Waals surface area contributed by atoms with Crippen LogP contribution in [0.1, 0.15) is 5.56 Å². The second-order valence-electron chi connectivity index (χ2n) is 4.15. The summed E-state index contributed by atoms with van der Waals surface area (Å²) in [6, 6.07) is 8.30. The van der Waals surface area contributed by atoms with Gasteiger partial charge in [0.05, 0.1) is 7.11 Å². The van der Waals surface area contributed by atoms with Crippen molar-refractivity contribution in [2.45, 2.75) is 13.1 Å². The maximum absolute atomic E-state index is 11.8. The Balaban J connectivity index is 1.92. The number of rotatable bonds is 5. The molecule has 0 saturated heterocycles. The smallest absolute Gasteiger partial charge is 0.250 e. The molecule has 20 heavy (non-hydrogen) atoms. The lowest BCUT2D eigenvalue weighted by molar-refractivity contribution is -0.121. The Labute approximate surface area is 116 Å². The summed E-state index contributed by atoms with van der Waals surface area (Å²) in [6.07, 6.45) is 3.19. The van der Waals surface area contributed by atoms with Crippen LogP contribution >= 0.6 is 0 Å². The van der Waals surface area contributed by atoms with Gasteiger partial charge in [-0.05, 0) is 17.7 Å². The standard InChI is InChI=1S/C14H15N3O3/c1-20-13-8-11(5-6-15-13)9-16-12(18)10-17-7-3-2-4-14(17)19/h2-8H,9-10H2,1H3,(H,16,18). The van der Waals surface area contributed by atoms with Gasteiger partial charge >= 0.3 is 0 Å². The van der Waals surface area contributed by atoms with Gasteiger partial charge in [-0.1, -0.05) is 6.07 Å². The minimum absolute atomic E-state index is 0.00188. The summed E-state index contributed by atoms with van der Waals surface area (Å²) < 4.78 is 6.35. The van der Waals surface area contributed by atoms with Gasteiger partial charge in [-0.2, -0.15) is 0 Å². The van der Waals surface area contributed by atoms with Crippen molar-refractivity contribution in [2.75, 3.05) is 7.11 Å². The second kappa shape index (κ2) is 6.51. The van der Waals surface area contributed by atoms with Gasteiger partial charge in [-0.3, -0.25) is 9.59 Å². The summed E-state index contributed by atoms with van der Waals surface area (Å²) in [4.78, 5) is 27.2. The molecule has 6 nitrogen and oxygen atoms in total. The molecular formula is C14H15N3O3. The Hall–Kier alpha value is -2.63. The largest absolute Gasteiger partial charge is 0.481 e. The summed E-state index contributed by atoms with van der Waals surface area (Å²) in [6.45, 7) is 0.362. The first kappa shape index (κ1) is 13.8. The van der Waals surface area contributed by atoms with Crippen molar-refractivity contribution >= 4 is 5.91 Å². The molecule has 104 valence electrons. The Morgan fingerprint density at radius 1 is 1.40 bits per heavy atom. The number of pyridine rings is 2. The van der Waals surface area contributed by atoms with E-state index in [1.807, 2.05) is 0 Å². The number of nitrogens with zero attached hydrogens (tertiary/aromatic N) is 2. The van der Waals surface area contributed by atoms with Crippen LogP contribution in [0, 0.1) is 0 Å². The average Bonchev–Trinajstić information content (AvgIpc) is 2.48. The fourth-order valence-corrected chi connectivity index (χ4v) is 1.67. The first-order chi connectivity index (χ1) is 9.69. The van der Waals surface area contributed by atoms with Crippen molar-refractivity contribution in [1.29, 1.82) is 0 Å². The molecule has 0 aromatic carbocycles. The molecule has 0 aliphatic rings. The van der Waals surface area contributed by atoms with Crippen LogP contribution in [0.5, 0.6) is 5.88 Å². The highest BCUT2D eigenvalue weighted by molar-refractivity contribution is 5.75. The number of carbonyl (C=O) groups excluding carboxylic acids is 1. The van der Waals surface area contributed by atoms with Crippen molar-refractivity contribution in [3.05, 3.63) is 58.6 Å². The third-order valence-electron chi connectivity index (χ3n) is 2.71. The molecule has 2 heterocycles. The molecule has 2 aromatic heterocycles. The summed E-state index contributed by atoms with van der Waals surface area (Å²) >= 11 is 0. The molecule has 0 saturated carbocycles. The molecule has 1 amide bonds. The molecule has 0 bridgehead atoms. The zero-order chi connectivity index (χ0) is 14.4. The van der Waals surface area contributed by atoms with Gasteiger partial charge in [0.1, 0.15) is 6.54 Å². The Kier molecular flexibility index (Phi) is 4.49. The maximum atomic E-state index is 11.8. The van der Waals surface area contributed by atoms with Gasteiger partial charge in [0.15, 0.2) is 0 Å². The Morgan fingerprint density at radius 2 is 2.25 bits per heavy atom. The predicted octanol–water partition coefficient (Wildman–Crippen LogP) is 0.568. The minimum atomic E-state index is -0.228. The van der Waals surface area contributed by atoms with Crippen LogP contribution in [0.4, 0.5) is 0 Å². The molecular weight excluding hydrogens is 258 g/mol. The third-order valence-corrected chi connectivity index (χ3v) is 2.71. The van der Waals surface area contributed by atoms with Crippen LogP contribution in [0.25, 0.3) is 0 Å². The molecule has 6 heteroatoms. The van der Waals surface area contributed by atoms with E-state index in [0.717, 1.165) is 5.56 Å². The molecule has 0 fully saturated rings. The molecule has 2 aromatic rings. The topological polar surface area (TPSA) is 73.2 Å². The van der Waals surface area contributed by atoms with Gasteiger partial charge in [-0.25, -0.2) is 4.98 Å². The molecule has 0 radical (unpaired) electrons. The van der Waals surface area contributed by atoms with E-state index >= 15 is 0 Å². The van der Waals surface area contributed by atoms with Crippen molar-refractivity contribution in [3.63, 3.8) is 0 Å². The first-order valence-electron chi connectivity index (χ1n) is 6.10. The van der Waals surface area contributed by atoms with Crippen LogP contribution in [0.15, 0.2) is 47.5 Å². The van der Waals surface area contributed by atoms with E-state index in [-0.39, 0.29) is 18.0 Å². The van der Waals surface area contributed by atoms with Gasteiger partial charge in [-0.15, -0.1) is 0 Å². The molecule has 0 atom stereocenters. The quantitative estimate of drug-likeness (QED) is 0.864. The van der Waals surface area contributed by atoms with E-state index < -0.39 is 0 Å². The predicted molar refractivity (Wildman–Crippen MR) is 73.3 cm³/mol. The van der Waals surface area contributed by atoms with Gasteiger partial charge in [0.25, 0.3) is 5.56 Å². The minimum Gasteiger partial charge on any atom is -0.481 e. The molecule has 2 rings (SSSR count). The highest BCUT2D eigenvalue weighted by Gasteiger charge is 2.04. The monoisotopic (exact) mass is 273 g/mol. The number of methoxy groups -OCH3 is 1. The molecule has 0 unspecified atom stereocenters. The molecule has 0 aliphatic heterocycles. The number of nitrogens with one attached hydrogen (secondary N) is 1. The summed E-state index contributed by atoms with van der Waals surface area (Å²) in [5.41, 5.74) is 0.679. The van der Waals surface area contributed by atoms with Crippen molar-refractivity contribution in [1.82, 2.24) is 14.9 Å². The fourth-order valence-electron chi connectivity index (χ4n) is 1.67. The van der Waals surface area contributed by atoms with Gasteiger partial charge < -0.3 is 14.6 Å². The zero-order valence-electron chi connectivity index (χ0n) is 11.1. The van der Waals surface area contributed by atoms with E-state index in [2.05, 4.69) is 10.3 Å². The van der Waals surface area contributed by atoms with Crippen LogP contribution in [-0.4, -0.2) is 22.6 Å². The lowest BCUT2D eigenvalue weighted by Crippen LogP contribution is -2.31. The van der Waals surface area contributed by atoms with E-state index in [9.17, 15) is 9.59 Å². The summed E-state index contributed by atoms with van der Waals surface area (Å²) in [5.74, 6) is 0.269. The number of carbonyl (C=O) groups is 1. The number of aromatic nitrogens is 2. The van der Waals surface area contributed by atoms with E-state index in [4.69, 9.17) is 4.74 Å². The van der Waals surface area contributed by atoms with Crippen LogP contribution in [0.2, 0.25) is 0 Å². The molecule has 1 N–H and O–H groups in total. The summed E-state index contributed by atoms with van der Waals surface area (Å²) in [5, 5.41) is 2.74. The first-order valence-corrected chi connectivity index (χ1v) is 6.10.